The van der Waals surface area contributed by atoms with Crippen molar-refractivity contribution < 1.29 is 14.7 Å². The number of primary amides is 1. The zero-order valence-corrected chi connectivity index (χ0v) is 13.9. The highest BCUT2D eigenvalue weighted by atomic mass is 16.4. The van der Waals surface area contributed by atoms with E-state index in [1.54, 1.807) is 47.5 Å². The molecule has 0 unspecified atom stereocenters. The maximum Gasteiger partial charge on any atom is 0.416 e. The number of likely N-dealkylation sites (tertiary alicyclic amines) is 1. The Morgan fingerprint density at radius 3 is 2.12 bits per heavy atom. The lowest BCUT2D eigenvalue weighted by atomic mass is 10.1. The van der Waals surface area contributed by atoms with Gasteiger partial charge in [0.1, 0.15) is 0 Å². The largest absolute Gasteiger partial charge is 0.464 e. The molecule has 1 aromatic heterocycles. The molecule has 3 amide bonds. The van der Waals surface area contributed by atoms with Crippen LogP contribution in [0.15, 0.2) is 54.9 Å². The van der Waals surface area contributed by atoms with Gasteiger partial charge in [0.05, 0.1) is 17.6 Å². The second-order valence-corrected chi connectivity index (χ2v) is 5.55. The number of nitrogens with zero attached hydrogens (tertiary/aromatic N) is 3. The molecule has 2 heterocycles. The molecule has 7 nitrogen and oxygen atoms in total. The molecule has 1 aliphatic heterocycles. The average Bonchev–Trinajstić information content (AvgIpc) is 2.65. The Balaban J connectivity index is 0.000000212. The Morgan fingerprint density at radius 1 is 1.00 bits per heavy atom. The van der Waals surface area contributed by atoms with Crippen molar-refractivity contribution in [3.8, 4) is 0 Å². The van der Waals surface area contributed by atoms with E-state index in [2.05, 4.69) is 4.98 Å². The molecule has 0 aliphatic carbocycles. The summed E-state index contributed by atoms with van der Waals surface area (Å²) in [6.45, 7) is 1.71. The van der Waals surface area contributed by atoms with Crippen molar-refractivity contribution in [3.63, 3.8) is 0 Å². The van der Waals surface area contributed by atoms with Crippen LogP contribution in [0.1, 0.15) is 19.3 Å². The van der Waals surface area contributed by atoms with E-state index < -0.39 is 6.09 Å². The molecule has 1 aromatic carbocycles. The molecule has 0 saturated carbocycles. The molecule has 3 N–H and O–H groups in total. The molecule has 1 saturated heterocycles. The number of urea groups is 1. The molecule has 132 valence electrons. The van der Waals surface area contributed by atoms with Gasteiger partial charge in [-0.2, -0.15) is 0 Å². The number of carbonyl (C=O) groups excluding carboxylic acids is 1. The third kappa shape index (κ3) is 5.49. The summed E-state index contributed by atoms with van der Waals surface area (Å²) in [4.78, 5) is 28.5. The van der Waals surface area contributed by atoms with Gasteiger partial charge in [-0.3, -0.25) is 4.98 Å². The van der Waals surface area contributed by atoms with Crippen molar-refractivity contribution in [2.24, 2.45) is 5.73 Å². The van der Waals surface area contributed by atoms with Crippen molar-refractivity contribution in [1.29, 1.82) is 0 Å². The van der Waals surface area contributed by atoms with Gasteiger partial charge >= 0.3 is 12.1 Å². The van der Waals surface area contributed by atoms with E-state index in [0.717, 1.165) is 25.9 Å². The highest BCUT2D eigenvalue weighted by molar-refractivity contribution is 5.94. The average molecular weight is 342 g/mol. The minimum Gasteiger partial charge on any atom is -0.464 e. The van der Waals surface area contributed by atoms with Crippen LogP contribution in [0, 0.1) is 0 Å². The molecule has 0 atom stereocenters. The minimum atomic E-state index is -1.03. The van der Waals surface area contributed by atoms with Gasteiger partial charge in [0.2, 0.25) is 0 Å². The Morgan fingerprint density at radius 2 is 1.64 bits per heavy atom. The number of anilines is 2. The normalized spacial score (nSPS) is 13.4. The number of piperidine rings is 1. The van der Waals surface area contributed by atoms with Crippen LogP contribution in [0.25, 0.3) is 0 Å². The van der Waals surface area contributed by atoms with Gasteiger partial charge in [0, 0.05) is 19.3 Å². The smallest absolute Gasteiger partial charge is 0.416 e. The number of carbonyl (C=O) groups is 2. The first-order chi connectivity index (χ1) is 12.1. The van der Waals surface area contributed by atoms with Crippen molar-refractivity contribution in [2.75, 3.05) is 18.0 Å². The van der Waals surface area contributed by atoms with Gasteiger partial charge < -0.3 is 15.7 Å². The maximum absolute atomic E-state index is 11.2. The van der Waals surface area contributed by atoms with Crippen LogP contribution in [0.2, 0.25) is 0 Å². The van der Waals surface area contributed by atoms with Crippen molar-refractivity contribution in [1.82, 2.24) is 9.88 Å². The van der Waals surface area contributed by atoms with Crippen molar-refractivity contribution in [3.05, 3.63) is 54.9 Å². The summed E-state index contributed by atoms with van der Waals surface area (Å²) >= 11 is 0. The lowest BCUT2D eigenvalue weighted by Gasteiger charge is -2.24. The van der Waals surface area contributed by atoms with E-state index in [1.807, 2.05) is 6.07 Å². The number of carboxylic acid groups (broad SMARTS) is 1. The fourth-order valence-electron chi connectivity index (χ4n) is 2.55. The summed E-state index contributed by atoms with van der Waals surface area (Å²) in [5.74, 6) is 0. The standard InChI is InChI=1S/C12H10N2O2.C6H12N2O/c15-12(16)14(10-5-2-1-3-6-10)11-7-4-8-13-9-11;7-6(9)8-4-2-1-3-5-8/h1-9H,(H,15,16);1-5H2,(H2,7,9). The van der Waals surface area contributed by atoms with E-state index in [1.165, 1.54) is 17.5 Å². The topological polar surface area (TPSA) is 99.8 Å². The SMILES string of the molecule is NC(=O)N1CCCCC1.O=C(O)N(c1ccccc1)c1cccnc1. The second-order valence-electron chi connectivity index (χ2n) is 5.55. The number of hydrogen-bond acceptors (Lipinski definition) is 3. The van der Waals surface area contributed by atoms with Gasteiger partial charge in [0.15, 0.2) is 0 Å². The number of rotatable bonds is 2. The van der Waals surface area contributed by atoms with Gasteiger partial charge in [-0.1, -0.05) is 18.2 Å². The summed E-state index contributed by atoms with van der Waals surface area (Å²) in [7, 11) is 0. The molecule has 3 rings (SSSR count). The minimum absolute atomic E-state index is 0.269. The van der Waals surface area contributed by atoms with Crippen LogP contribution in [0.5, 0.6) is 0 Å². The zero-order chi connectivity index (χ0) is 18.1. The van der Waals surface area contributed by atoms with Crippen molar-refractivity contribution in [2.45, 2.75) is 19.3 Å². The molecule has 0 radical (unpaired) electrons. The molecular formula is C18H22N4O3. The van der Waals surface area contributed by atoms with E-state index in [4.69, 9.17) is 5.73 Å². The predicted octanol–water partition coefficient (Wildman–Crippen LogP) is 3.45. The fraction of sp³-hybridized carbons (Fsp3) is 0.278. The summed E-state index contributed by atoms with van der Waals surface area (Å²) in [5, 5.41) is 9.18. The van der Waals surface area contributed by atoms with Gasteiger partial charge in [-0.15, -0.1) is 0 Å². The van der Waals surface area contributed by atoms with Crippen LogP contribution < -0.4 is 10.6 Å². The molecule has 0 bridgehead atoms. The van der Waals surface area contributed by atoms with Crippen molar-refractivity contribution >= 4 is 23.5 Å². The Labute approximate surface area is 146 Å². The Kier molecular flexibility index (Phi) is 6.76. The first-order valence-electron chi connectivity index (χ1n) is 8.12. The third-order valence-electron chi connectivity index (χ3n) is 3.78. The van der Waals surface area contributed by atoms with Crippen LogP contribution in [0.3, 0.4) is 0 Å². The van der Waals surface area contributed by atoms with Gasteiger partial charge in [-0.05, 0) is 43.5 Å². The highest BCUT2D eigenvalue weighted by Gasteiger charge is 2.16. The second kappa shape index (κ2) is 9.27. The van der Waals surface area contributed by atoms with Crippen LogP contribution in [0.4, 0.5) is 21.0 Å². The monoisotopic (exact) mass is 342 g/mol. The third-order valence-corrected chi connectivity index (χ3v) is 3.78. The zero-order valence-electron chi connectivity index (χ0n) is 13.9. The molecule has 25 heavy (non-hydrogen) atoms. The van der Waals surface area contributed by atoms with E-state index >= 15 is 0 Å². The number of amides is 3. The van der Waals surface area contributed by atoms with E-state index in [0.29, 0.717) is 11.4 Å². The fourth-order valence-corrected chi connectivity index (χ4v) is 2.55. The van der Waals surface area contributed by atoms with Crippen LogP contribution in [-0.2, 0) is 0 Å². The lowest BCUT2D eigenvalue weighted by Crippen LogP contribution is -2.39. The van der Waals surface area contributed by atoms with E-state index in [9.17, 15) is 14.7 Å². The summed E-state index contributed by atoms with van der Waals surface area (Å²) in [6.07, 6.45) is 5.56. The molecular weight excluding hydrogens is 320 g/mol. The molecule has 1 aliphatic rings. The summed E-state index contributed by atoms with van der Waals surface area (Å²) in [5.41, 5.74) is 6.18. The number of hydrogen-bond donors (Lipinski definition) is 2. The number of nitrogens with two attached hydrogens (primary N) is 1. The first kappa shape index (κ1) is 18.3. The number of para-hydroxylation sites is 1. The number of aromatic nitrogens is 1. The van der Waals surface area contributed by atoms with E-state index in [-0.39, 0.29) is 6.03 Å². The predicted molar refractivity (Wildman–Crippen MR) is 95.9 cm³/mol. The Hall–Kier alpha value is -3.09. The highest BCUT2D eigenvalue weighted by Crippen LogP contribution is 2.23. The van der Waals surface area contributed by atoms with Gasteiger partial charge in [-0.25, -0.2) is 14.5 Å². The Bertz CT molecular complexity index is 634. The number of benzene rings is 1. The molecule has 1 fully saturated rings. The molecule has 0 spiro atoms. The summed E-state index contributed by atoms with van der Waals surface area (Å²) in [6, 6.07) is 12.0. The van der Waals surface area contributed by atoms with Crippen LogP contribution in [-0.4, -0.2) is 40.2 Å². The molecule has 7 heteroatoms. The maximum atomic E-state index is 11.2. The number of pyridine rings is 1. The summed E-state index contributed by atoms with van der Waals surface area (Å²) < 4.78 is 0. The quantitative estimate of drug-likeness (QED) is 0.873. The first-order valence-corrected chi connectivity index (χ1v) is 8.12. The molecule has 2 aromatic rings. The lowest BCUT2D eigenvalue weighted by molar-refractivity contribution is 0.196. The van der Waals surface area contributed by atoms with Gasteiger partial charge in [0.25, 0.3) is 0 Å². The van der Waals surface area contributed by atoms with Crippen LogP contribution >= 0.6 is 0 Å².